The summed E-state index contributed by atoms with van der Waals surface area (Å²) in [4.78, 5) is 10.4. The van der Waals surface area contributed by atoms with Gasteiger partial charge in [0.15, 0.2) is 0 Å². The van der Waals surface area contributed by atoms with Crippen molar-refractivity contribution >= 4 is 17.5 Å². The summed E-state index contributed by atoms with van der Waals surface area (Å²) in [7, 11) is 0. The summed E-state index contributed by atoms with van der Waals surface area (Å²) < 4.78 is 0. The molecule has 1 aliphatic rings. The highest BCUT2D eigenvalue weighted by Gasteiger charge is 2.33. The van der Waals surface area contributed by atoms with E-state index in [2.05, 4.69) is 20.2 Å². The van der Waals surface area contributed by atoms with Crippen molar-refractivity contribution < 1.29 is 5.11 Å². The number of rotatable bonds is 3. The second-order valence-electron chi connectivity index (χ2n) is 5.18. The average Bonchev–Trinajstić information content (AvgIpc) is 2.98. The fourth-order valence-electron chi connectivity index (χ4n) is 2.53. The van der Waals surface area contributed by atoms with E-state index in [-0.39, 0.29) is 5.92 Å². The van der Waals surface area contributed by atoms with E-state index in [1.807, 2.05) is 17.9 Å². The molecule has 0 saturated carbocycles. The molecule has 1 fully saturated rings. The Balaban J connectivity index is 1.68. The van der Waals surface area contributed by atoms with E-state index in [1.165, 1.54) is 0 Å². The molecule has 1 aliphatic heterocycles. The largest absolute Gasteiger partial charge is 0.391 e. The van der Waals surface area contributed by atoms with Gasteiger partial charge in [0.05, 0.1) is 29.2 Å². The molecule has 2 aromatic rings. The van der Waals surface area contributed by atoms with Crippen LogP contribution in [-0.4, -0.2) is 44.5 Å². The van der Waals surface area contributed by atoms with E-state index >= 15 is 0 Å². The third-order valence-corrected chi connectivity index (χ3v) is 3.72. The molecule has 0 amide bonds. The van der Waals surface area contributed by atoms with Gasteiger partial charge in [-0.1, -0.05) is 11.6 Å². The lowest BCUT2D eigenvalue weighted by molar-refractivity contribution is 0.148. The van der Waals surface area contributed by atoms with E-state index in [9.17, 15) is 5.11 Å². The normalized spacial score (nSPS) is 22.4. The van der Waals surface area contributed by atoms with Crippen LogP contribution in [0.5, 0.6) is 0 Å². The van der Waals surface area contributed by atoms with Crippen molar-refractivity contribution in [3.8, 4) is 0 Å². The van der Waals surface area contributed by atoms with Crippen molar-refractivity contribution in [2.75, 3.05) is 18.0 Å². The van der Waals surface area contributed by atoms with Gasteiger partial charge in [0.25, 0.3) is 0 Å². The Morgan fingerprint density at radius 1 is 1.40 bits per heavy atom. The van der Waals surface area contributed by atoms with Crippen LogP contribution in [0.25, 0.3) is 0 Å². The number of halogens is 1. The van der Waals surface area contributed by atoms with Crippen LogP contribution in [0.3, 0.4) is 0 Å². The number of β-amino-alcohol motifs (C(OH)–C–C–N with tert-alkyl or cyclic N) is 1. The van der Waals surface area contributed by atoms with Crippen molar-refractivity contribution in [3.63, 3.8) is 0 Å². The first-order valence-electron chi connectivity index (χ1n) is 6.53. The first-order chi connectivity index (χ1) is 9.61. The second-order valence-corrected chi connectivity index (χ2v) is 5.62. The van der Waals surface area contributed by atoms with E-state index in [4.69, 9.17) is 11.6 Å². The fraction of sp³-hybridized carbons (Fsp3) is 0.462. The van der Waals surface area contributed by atoms with Crippen LogP contribution in [0.1, 0.15) is 11.4 Å². The van der Waals surface area contributed by atoms with Gasteiger partial charge in [0.1, 0.15) is 0 Å². The number of hydrogen-bond acceptors (Lipinski definition) is 5. The molecule has 0 aromatic carbocycles. The first kappa shape index (κ1) is 13.3. The SMILES string of the molecule is Cc1cc(C[C@@H]2CN(c3ncc(Cl)cn3)C[C@@H]2O)n[nH]1. The van der Waals surface area contributed by atoms with E-state index in [0.29, 0.717) is 24.1 Å². The highest BCUT2D eigenvalue weighted by atomic mass is 35.5. The van der Waals surface area contributed by atoms with Crippen LogP contribution in [0.4, 0.5) is 5.95 Å². The molecule has 0 unspecified atom stereocenters. The quantitative estimate of drug-likeness (QED) is 0.889. The van der Waals surface area contributed by atoms with Crippen molar-refractivity contribution in [1.82, 2.24) is 20.2 Å². The summed E-state index contributed by atoms with van der Waals surface area (Å²) in [5.41, 5.74) is 2.01. The standard InChI is InChI=1S/C13H16ClN5O/c1-8-2-11(18-17-8)3-9-6-19(7-12(9)20)13-15-4-10(14)5-16-13/h2,4-5,9,12,20H,3,6-7H2,1H3,(H,17,18)/t9-,12+/m1/s1. The summed E-state index contributed by atoms with van der Waals surface area (Å²) in [6, 6.07) is 2.01. The van der Waals surface area contributed by atoms with Gasteiger partial charge < -0.3 is 10.0 Å². The molecule has 0 radical (unpaired) electrons. The van der Waals surface area contributed by atoms with Gasteiger partial charge in [-0.25, -0.2) is 9.97 Å². The zero-order chi connectivity index (χ0) is 14.1. The Bertz CT molecular complexity index is 585. The minimum absolute atomic E-state index is 0.136. The number of nitrogens with zero attached hydrogens (tertiary/aromatic N) is 4. The molecule has 0 aliphatic carbocycles. The number of aliphatic hydroxyl groups excluding tert-OH is 1. The smallest absolute Gasteiger partial charge is 0.225 e. The molecule has 3 heterocycles. The minimum Gasteiger partial charge on any atom is -0.391 e. The number of hydrogen-bond donors (Lipinski definition) is 2. The van der Waals surface area contributed by atoms with Crippen molar-refractivity contribution in [1.29, 1.82) is 0 Å². The lowest BCUT2D eigenvalue weighted by atomic mass is 10.0. The Morgan fingerprint density at radius 3 is 2.80 bits per heavy atom. The second kappa shape index (κ2) is 5.38. The number of anilines is 1. The number of aromatic amines is 1. The lowest BCUT2D eigenvalue weighted by Crippen LogP contribution is -2.23. The van der Waals surface area contributed by atoms with Gasteiger partial charge in [-0.2, -0.15) is 5.10 Å². The number of aromatic nitrogens is 4. The first-order valence-corrected chi connectivity index (χ1v) is 6.91. The molecule has 1 saturated heterocycles. The average molecular weight is 294 g/mol. The van der Waals surface area contributed by atoms with Crippen molar-refractivity contribution in [2.45, 2.75) is 19.4 Å². The maximum atomic E-state index is 10.2. The number of aliphatic hydroxyl groups is 1. The zero-order valence-electron chi connectivity index (χ0n) is 11.1. The lowest BCUT2D eigenvalue weighted by Gasteiger charge is -2.15. The predicted octanol–water partition coefficient (Wildman–Crippen LogP) is 1.20. The topological polar surface area (TPSA) is 77.9 Å². The van der Waals surface area contributed by atoms with Gasteiger partial charge in [-0.3, -0.25) is 5.10 Å². The molecule has 7 heteroatoms. The van der Waals surface area contributed by atoms with Crippen LogP contribution in [0, 0.1) is 12.8 Å². The van der Waals surface area contributed by atoms with E-state index < -0.39 is 6.10 Å². The van der Waals surface area contributed by atoms with E-state index in [1.54, 1.807) is 12.4 Å². The highest BCUT2D eigenvalue weighted by molar-refractivity contribution is 6.30. The van der Waals surface area contributed by atoms with Gasteiger partial charge in [0.2, 0.25) is 5.95 Å². The summed E-state index contributed by atoms with van der Waals surface area (Å²) in [6.07, 6.45) is 3.49. The molecule has 2 atom stereocenters. The van der Waals surface area contributed by atoms with Crippen molar-refractivity contribution in [2.24, 2.45) is 5.92 Å². The minimum atomic E-state index is -0.397. The monoisotopic (exact) mass is 293 g/mol. The number of H-pyrrole nitrogens is 1. The maximum absolute atomic E-state index is 10.2. The van der Waals surface area contributed by atoms with Crippen molar-refractivity contribution in [3.05, 3.63) is 34.9 Å². The Hall–Kier alpha value is -1.66. The van der Waals surface area contributed by atoms with Gasteiger partial charge in [-0.15, -0.1) is 0 Å². The molecule has 0 spiro atoms. The van der Waals surface area contributed by atoms with Gasteiger partial charge in [-0.05, 0) is 19.4 Å². The van der Waals surface area contributed by atoms with Gasteiger partial charge in [0, 0.05) is 24.7 Å². The van der Waals surface area contributed by atoms with E-state index in [0.717, 1.165) is 17.8 Å². The van der Waals surface area contributed by atoms with Gasteiger partial charge >= 0.3 is 0 Å². The highest BCUT2D eigenvalue weighted by Crippen LogP contribution is 2.24. The molecule has 0 bridgehead atoms. The molecule has 2 N–H and O–H groups in total. The Labute approximate surface area is 121 Å². The molecule has 20 heavy (non-hydrogen) atoms. The van der Waals surface area contributed by atoms with Crippen LogP contribution >= 0.6 is 11.6 Å². The molecular formula is C13H16ClN5O. The molecule has 2 aromatic heterocycles. The van der Waals surface area contributed by atoms with Crippen LogP contribution < -0.4 is 4.90 Å². The molecule has 3 rings (SSSR count). The molecule has 6 nitrogen and oxygen atoms in total. The molecular weight excluding hydrogens is 278 g/mol. The maximum Gasteiger partial charge on any atom is 0.225 e. The number of aryl methyl sites for hydroxylation is 1. The Morgan fingerprint density at radius 2 is 2.15 bits per heavy atom. The summed E-state index contributed by atoms with van der Waals surface area (Å²) >= 11 is 5.78. The third kappa shape index (κ3) is 2.76. The Kier molecular flexibility index (Phi) is 3.58. The number of nitrogens with one attached hydrogen (secondary N) is 1. The van der Waals surface area contributed by atoms with Crippen LogP contribution in [-0.2, 0) is 6.42 Å². The molecule has 106 valence electrons. The summed E-state index contributed by atoms with van der Waals surface area (Å²) in [5, 5.41) is 17.8. The fourth-order valence-corrected chi connectivity index (χ4v) is 2.63. The predicted molar refractivity (Wildman–Crippen MR) is 75.8 cm³/mol. The van der Waals surface area contributed by atoms with Crippen LogP contribution in [0.15, 0.2) is 18.5 Å². The summed E-state index contributed by atoms with van der Waals surface area (Å²) in [6.45, 7) is 3.22. The third-order valence-electron chi connectivity index (χ3n) is 3.53. The van der Waals surface area contributed by atoms with Crippen LogP contribution in [0.2, 0.25) is 5.02 Å². The zero-order valence-corrected chi connectivity index (χ0v) is 11.9. The summed E-state index contributed by atoms with van der Waals surface area (Å²) in [5.74, 6) is 0.742.